The van der Waals surface area contributed by atoms with Gasteiger partial charge < -0.3 is 0 Å². The van der Waals surface area contributed by atoms with Crippen LogP contribution in [-0.2, 0) is 0 Å². The number of benzene rings is 2. The van der Waals surface area contributed by atoms with Crippen molar-refractivity contribution in [2.75, 3.05) is 0 Å². The van der Waals surface area contributed by atoms with E-state index in [1.807, 2.05) is 12.1 Å². The van der Waals surface area contributed by atoms with Gasteiger partial charge in [0.25, 0.3) is 0 Å². The second kappa shape index (κ2) is 5.97. The summed E-state index contributed by atoms with van der Waals surface area (Å²) in [6, 6.07) is 17.2. The van der Waals surface area contributed by atoms with Gasteiger partial charge in [-0.05, 0) is 0 Å². The molecule has 0 spiro atoms. The Labute approximate surface area is 106 Å². The van der Waals surface area contributed by atoms with Gasteiger partial charge in [0.05, 0.1) is 0 Å². The van der Waals surface area contributed by atoms with E-state index < -0.39 is 11.6 Å². The Hall–Kier alpha value is -1.93. The van der Waals surface area contributed by atoms with E-state index >= 15 is 0 Å². The number of carbonyl (C=O) groups excluding carboxylic acids is 2. The zero-order valence-electron chi connectivity index (χ0n) is 9.00. The molecule has 0 aliphatic carbocycles. The van der Waals surface area contributed by atoms with E-state index in [-0.39, 0.29) is 12.4 Å². The first-order valence-corrected chi connectivity index (χ1v) is 4.98. The molecule has 0 aromatic heterocycles. The summed E-state index contributed by atoms with van der Waals surface area (Å²) in [6.45, 7) is 0. The van der Waals surface area contributed by atoms with Crippen LogP contribution < -0.4 is 0 Å². The molecule has 3 heteroatoms. The average Bonchev–Trinajstić information content (AvgIpc) is 2.39. The minimum Gasteiger partial charge on any atom is -0.285 e. The predicted molar refractivity (Wildman–Crippen MR) is 68.8 cm³/mol. The maximum atomic E-state index is 11.8. The molecule has 0 saturated heterocycles. The standard InChI is InChI=1S/C14H10O2.ClH/c15-13(11-7-3-1-4-8-11)14(16)12-9-5-2-6-10-12;/h1-10H;1H. The van der Waals surface area contributed by atoms with Crippen LogP contribution in [0.1, 0.15) is 20.7 Å². The van der Waals surface area contributed by atoms with Crippen LogP contribution in [0.4, 0.5) is 0 Å². The summed E-state index contributed by atoms with van der Waals surface area (Å²) in [5.74, 6) is -0.932. The number of hydrogen-bond donors (Lipinski definition) is 0. The van der Waals surface area contributed by atoms with Crippen molar-refractivity contribution in [3.63, 3.8) is 0 Å². The van der Waals surface area contributed by atoms with E-state index in [0.717, 1.165) is 0 Å². The summed E-state index contributed by atoms with van der Waals surface area (Å²) in [4.78, 5) is 23.6. The Kier molecular flexibility index (Phi) is 4.61. The van der Waals surface area contributed by atoms with E-state index in [1.165, 1.54) is 0 Å². The lowest BCUT2D eigenvalue weighted by Crippen LogP contribution is -2.14. The minimum atomic E-state index is -0.466. The van der Waals surface area contributed by atoms with E-state index in [2.05, 4.69) is 0 Å². The van der Waals surface area contributed by atoms with Crippen LogP contribution in [0, 0.1) is 0 Å². The molecule has 2 rings (SSSR count). The average molecular weight is 247 g/mol. The Morgan fingerprint density at radius 2 is 0.882 bits per heavy atom. The summed E-state index contributed by atoms with van der Waals surface area (Å²) in [7, 11) is 0. The second-order valence-electron chi connectivity index (χ2n) is 3.39. The fraction of sp³-hybridized carbons (Fsp3) is 0. The van der Waals surface area contributed by atoms with Crippen LogP contribution in [-0.4, -0.2) is 11.6 Å². The van der Waals surface area contributed by atoms with Gasteiger partial charge in [0, 0.05) is 11.1 Å². The van der Waals surface area contributed by atoms with Gasteiger partial charge in [0.2, 0.25) is 11.6 Å². The highest BCUT2D eigenvalue weighted by molar-refractivity contribution is 6.49. The monoisotopic (exact) mass is 246 g/mol. The quantitative estimate of drug-likeness (QED) is 0.616. The van der Waals surface area contributed by atoms with Crippen LogP contribution in [0.2, 0.25) is 0 Å². The number of hydrogen-bond acceptors (Lipinski definition) is 2. The van der Waals surface area contributed by atoms with Crippen molar-refractivity contribution in [2.45, 2.75) is 0 Å². The molecule has 0 saturated carbocycles. The molecule has 0 heterocycles. The molecule has 0 bridgehead atoms. The number of ketones is 2. The van der Waals surface area contributed by atoms with E-state index in [0.29, 0.717) is 11.1 Å². The van der Waals surface area contributed by atoms with Crippen molar-refractivity contribution in [1.29, 1.82) is 0 Å². The van der Waals surface area contributed by atoms with Crippen LogP contribution in [0.25, 0.3) is 0 Å². The molecule has 0 aliphatic rings. The fourth-order valence-corrected chi connectivity index (χ4v) is 1.44. The van der Waals surface area contributed by atoms with Crippen molar-refractivity contribution in [3.05, 3.63) is 71.8 Å². The van der Waals surface area contributed by atoms with Crippen molar-refractivity contribution in [2.24, 2.45) is 0 Å². The number of Topliss-reactive ketones (excluding diaryl/α,β-unsaturated/α-hetero) is 2. The largest absolute Gasteiger partial charge is 0.285 e. The van der Waals surface area contributed by atoms with Crippen molar-refractivity contribution >= 4 is 24.0 Å². The Morgan fingerprint density at radius 1 is 0.588 bits per heavy atom. The van der Waals surface area contributed by atoms with Crippen molar-refractivity contribution in [1.82, 2.24) is 0 Å². The summed E-state index contributed by atoms with van der Waals surface area (Å²) in [5, 5.41) is 0. The highest BCUT2D eigenvalue weighted by atomic mass is 35.5. The molecule has 0 atom stereocenters. The SMILES string of the molecule is Cl.O=C(C(=O)c1ccccc1)c1ccccc1. The fourth-order valence-electron chi connectivity index (χ4n) is 1.44. The molecule has 0 N–H and O–H groups in total. The molecule has 17 heavy (non-hydrogen) atoms. The van der Waals surface area contributed by atoms with Gasteiger partial charge in [-0.25, -0.2) is 0 Å². The third kappa shape index (κ3) is 3.02. The van der Waals surface area contributed by atoms with Gasteiger partial charge in [-0.1, -0.05) is 60.7 Å². The molecule has 2 aromatic carbocycles. The molecular weight excluding hydrogens is 236 g/mol. The van der Waals surface area contributed by atoms with Crippen LogP contribution in [0.15, 0.2) is 60.7 Å². The molecule has 0 fully saturated rings. The molecule has 0 radical (unpaired) electrons. The van der Waals surface area contributed by atoms with Gasteiger partial charge in [0.15, 0.2) is 0 Å². The maximum absolute atomic E-state index is 11.8. The maximum Gasteiger partial charge on any atom is 0.233 e. The zero-order valence-corrected chi connectivity index (χ0v) is 9.81. The first-order valence-electron chi connectivity index (χ1n) is 4.98. The summed E-state index contributed by atoms with van der Waals surface area (Å²) >= 11 is 0. The summed E-state index contributed by atoms with van der Waals surface area (Å²) in [6.07, 6.45) is 0. The molecule has 0 amide bonds. The van der Waals surface area contributed by atoms with Crippen molar-refractivity contribution < 1.29 is 9.59 Å². The smallest absolute Gasteiger partial charge is 0.233 e. The van der Waals surface area contributed by atoms with Gasteiger partial charge in [-0.3, -0.25) is 9.59 Å². The van der Waals surface area contributed by atoms with E-state index in [4.69, 9.17) is 0 Å². The zero-order chi connectivity index (χ0) is 11.4. The number of rotatable bonds is 3. The highest BCUT2D eigenvalue weighted by Crippen LogP contribution is 2.07. The van der Waals surface area contributed by atoms with Gasteiger partial charge in [0.1, 0.15) is 0 Å². The lowest BCUT2D eigenvalue weighted by molar-refractivity contribution is 0.0817. The van der Waals surface area contributed by atoms with Crippen LogP contribution in [0.5, 0.6) is 0 Å². The number of halogens is 1. The van der Waals surface area contributed by atoms with E-state index in [9.17, 15) is 9.59 Å². The van der Waals surface area contributed by atoms with Gasteiger partial charge >= 0.3 is 0 Å². The molecule has 0 aliphatic heterocycles. The lowest BCUT2D eigenvalue weighted by atomic mass is 10.0. The molecule has 0 unspecified atom stereocenters. The number of carbonyl (C=O) groups is 2. The summed E-state index contributed by atoms with van der Waals surface area (Å²) in [5.41, 5.74) is 0.854. The molecule has 86 valence electrons. The first kappa shape index (κ1) is 13.1. The Bertz CT molecular complexity index is 457. The van der Waals surface area contributed by atoms with Gasteiger partial charge in [-0.2, -0.15) is 0 Å². The van der Waals surface area contributed by atoms with Crippen LogP contribution >= 0.6 is 12.4 Å². The molecule has 2 nitrogen and oxygen atoms in total. The molecular formula is C14H11ClO2. The van der Waals surface area contributed by atoms with E-state index in [1.54, 1.807) is 48.5 Å². The third-order valence-electron chi connectivity index (χ3n) is 2.28. The van der Waals surface area contributed by atoms with Crippen LogP contribution in [0.3, 0.4) is 0 Å². The summed E-state index contributed by atoms with van der Waals surface area (Å²) < 4.78 is 0. The Morgan fingerprint density at radius 3 is 1.18 bits per heavy atom. The Balaban J connectivity index is 0.00000144. The predicted octanol–water partition coefficient (Wildman–Crippen LogP) is 3.17. The normalized spacial score (nSPS) is 9.18. The minimum absolute atomic E-state index is 0. The highest BCUT2D eigenvalue weighted by Gasteiger charge is 2.16. The second-order valence-corrected chi connectivity index (χ2v) is 3.39. The van der Waals surface area contributed by atoms with Gasteiger partial charge in [-0.15, -0.1) is 12.4 Å². The third-order valence-corrected chi connectivity index (χ3v) is 2.28. The lowest BCUT2D eigenvalue weighted by Gasteiger charge is -1.99. The van der Waals surface area contributed by atoms with Crippen molar-refractivity contribution in [3.8, 4) is 0 Å². The first-order chi connectivity index (χ1) is 7.79. The topological polar surface area (TPSA) is 34.1 Å². The molecule has 2 aromatic rings.